The second kappa shape index (κ2) is 15.3. The second-order valence-electron chi connectivity index (χ2n) is 7.50. The van der Waals surface area contributed by atoms with Crippen molar-refractivity contribution in [2.45, 2.75) is 25.9 Å². The van der Waals surface area contributed by atoms with E-state index in [0.29, 0.717) is 11.3 Å². The molecule has 0 amide bonds. The van der Waals surface area contributed by atoms with Crippen LogP contribution in [0.2, 0.25) is 0 Å². The number of rotatable bonds is 14. The first-order valence-corrected chi connectivity index (χ1v) is 11.3. The van der Waals surface area contributed by atoms with Crippen molar-refractivity contribution in [3.8, 4) is 11.5 Å². The van der Waals surface area contributed by atoms with Crippen LogP contribution in [0.3, 0.4) is 0 Å². The van der Waals surface area contributed by atoms with Gasteiger partial charge in [-0.3, -0.25) is 4.79 Å². The van der Waals surface area contributed by atoms with E-state index in [9.17, 15) is 27.6 Å². The molecule has 0 saturated heterocycles. The minimum Gasteiger partial charge on any atom is -0.494 e. The summed E-state index contributed by atoms with van der Waals surface area (Å²) in [5.74, 6) is -0.951. The fraction of sp³-hybridized carbons (Fsp3) is 0.346. The Morgan fingerprint density at radius 2 is 1.43 bits per heavy atom. The van der Waals surface area contributed by atoms with Crippen LogP contribution in [-0.2, 0) is 23.8 Å². The number of esters is 3. The number of hydrogen-bond donors (Lipinski definition) is 0. The van der Waals surface area contributed by atoms with Gasteiger partial charge in [-0.25, -0.2) is 9.59 Å². The Bertz CT molecular complexity index is 1030. The lowest BCUT2D eigenvalue weighted by atomic mass is 10.2. The third-order valence-electron chi connectivity index (χ3n) is 4.47. The van der Waals surface area contributed by atoms with Crippen LogP contribution in [0.15, 0.2) is 54.6 Å². The molecule has 0 N–H and O–H groups in total. The third kappa shape index (κ3) is 13.1. The summed E-state index contributed by atoms with van der Waals surface area (Å²) in [6.45, 7) is 1.76. The second-order valence-corrected chi connectivity index (χ2v) is 7.50. The van der Waals surface area contributed by atoms with E-state index in [1.165, 1.54) is 43.3 Å². The van der Waals surface area contributed by atoms with E-state index in [-0.39, 0.29) is 50.8 Å². The van der Waals surface area contributed by atoms with Crippen molar-refractivity contribution in [2.75, 3.05) is 33.0 Å². The highest BCUT2D eigenvalue weighted by atomic mass is 19.4. The van der Waals surface area contributed by atoms with Gasteiger partial charge in [0, 0.05) is 19.4 Å². The highest BCUT2D eigenvalue weighted by molar-refractivity contribution is 5.91. The molecule has 0 radical (unpaired) electrons. The number of hydrogen-bond acceptors (Lipinski definition) is 8. The number of halogens is 3. The first kappa shape index (κ1) is 29.4. The Morgan fingerprint density at radius 3 is 2.05 bits per heavy atom. The van der Waals surface area contributed by atoms with Crippen molar-refractivity contribution >= 4 is 24.0 Å². The molecule has 0 fully saturated rings. The number of carbonyl (C=O) groups excluding carboxylic acids is 3. The molecule has 0 heterocycles. The summed E-state index contributed by atoms with van der Waals surface area (Å²) in [7, 11) is 0. The molecule has 2 aromatic rings. The summed E-state index contributed by atoms with van der Waals surface area (Å²) < 4.78 is 61.8. The van der Waals surface area contributed by atoms with E-state index in [1.54, 1.807) is 24.3 Å². The SMILES string of the molecule is CC(=O)OCCOCCOC(=O)/C=C/c1ccc(OC(=O)c2ccc(OCCCC(F)(F)F)cc2)cc1. The molecule has 0 bridgehead atoms. The molecule has 11 heteroatoms. The fourth-order valence-electron chi connectivity index (χ4n) is 2.72. The number of carbonyl (C=O) groups is 3. The lowest BCUT2D eigenvalue weighted by Gasteiger charge is -2.09. The van der Waals surface area contributed by atoms with Crippen molar-refractivity contribution < 1.29 is 51.2 Å². The van der Waals surface area contributed by atoms with Crippen molar-refractivity contribution in [2.24, 2.45) is 0 Å². The van der Waals surface area contributed by atoms with Crippen LogP contribution in [0.25, 0.3) is 6.08 Å². The molecule has 200 valence electrons. The predicted molar refractivity (Wildman–Crippen MR) is 126 cm³/mol. The van der Waals surface area contributed by atoms with Gasteiger partial charge in [-0.2, -0.15) is 13.2 Å². The zero-order valence-corrected chi connectivity index (χ0v) is 20.1. The molecule has 0 aromatic heterocycles. The molecule has 37 heavy (non-hydrogen) atoms. The molecule has 0 aliphatic rings. The summed E-state index contributed by atoms with van der Waals surface area (Å²) in [4.78, 5) is 34.7. The molecule has 2 aromatic carbocycles. The van der Waals surface area contributed by atoms with Crippen LogP contribution in [0.1, 0.15) is 35.7 Å². The standard InChI is InChI=1S/C26H27F3O8/c1-19(30)34-17-15-33-16-18-36-24(31)12-5-20-3-8-23(9-4-20)37-25(32)21-6-10-22(11-7-21)35-14-2-13-26(27,28)29/h3-12H,2,13-18H2,1H3/b12-5+. The highest BCUT2D eigenvalue weighted by Gasteiger charge is 2.26. The van der Waals surface area contributed by atoms with Crippen LogP contribution in [0.5, 0.6) is 11.5 Å². The Labute approximate surface area is 211 Å². The summed E-state index contributed by atoms with van der Waals surface area (Å²) in [6, 6.07) is 12.3. The van der Waals surface area contributed by atoms with E-state index >= 15 is 0 Å². The molecular weight excluding hydrogens is 497 g/mol. The minimum absolute atomic E-state index is 0.0449. The molecule has 8 nitrogen and oxygen atoms in total. The summed E-state index contributed by atoms with van der Waals surface area (Å²) >= 11 is 0. The first-order valence-electron chi connectivity index (χ1n) is 11.3. The summed E-state index contributed by atoms with van der Waals surface area (Å²) in [6.07, 6.45) is -2.53. The topological polar surface area (TPSA) is 97.4 Å². The lowest BCUT2D eigenvalue weighted by molar-refractivity contribution is -0.143. The Kier molecular flexibility index (Phi) is 12.1. The van der Waals surface area contributed by atoms with E-state index in [2.05, 4.69) is 0 Å². The molecule has 0 spiro atoms. The molecule has 0 aliphatic carbocycles. The van der Waals surface area contributed by atoms with Gasteiger partial charge in [0.25, 0.3) is 0 Å². The van der Waals surface area contributed by atoms with Gasteiger partial charge >= 0.3 is 24.1 Å². The van der Waals surface area contributed by atoms with E-state index < -0.39 is 30.5 Å². The van der Waals surface area contributed by atoms with Crippen molar-refractivity contribution in [3.05, 3.63) is 65.7 Å². The van der Waals surface area contributed by atoms with Crippen LogP contribution in [-0.4, -0.2) is 57.1 Å². The summed E-state index contributed by atoms with van der Waals surface area (Å²) in [5.41, 5.74) is 0.908. The van der Waals surface area contributed by atoms with Crippen LogP contribution in [0, 0.1) is 0 Å². The van der Waals surface area contributed by atoms with Gasteiger partial charge in [0.1, 0.15) is 24.7 Å². The average Bonchev–Trinajstić information content (AvgIpc) is 2.85. The molecule has 0 atom stereocenters. The molecule has 0 aliphatic heterocycles. The third-order valence-corrected chi connectivity index (χ3v) is 4.47. The predicted octanol–water partition coefficient (Wildman–Crippen LogP) is 4.76. The zero-order valence-electron chi connectivity index (χ0n) is 20.1. The van der Waals surface area contributed by atoms with Crippen LogP contribution < -0.4 is 9.47 Å². The molecular formula is C26H27F3O8. The Balaban J connectivity index is 1.71. The number of ether oxygens (including phenoxy) is 5. The normalized spacial score (nSPS) is 11.2. The largest absolute Gasteiger partial charge is 0.494 e. The fourth-order valence-corrected chi connectivity index (χ4v) is 2.72. The van der Waals surface area contributed by atoms with Gasteiger partial charge in [-0.15, -0.1) is 0 Å². The minimum atomic E-state index is -4.22. The van der Waals surface area contributed by atoms with Crippen LogP contribution >= 0.6 is 0 Å². The average molecular weight is 524 g/mol. The monoisotopic (exact) mass is 524 g/mol. The van der Waals surface area contributed by atoms with Crippen LogP contribution in [0.4, 0.5) is 13.2 Å². The Morgan fingerprint density at radius 1 is 0.811 bits per heavy atom. The first-order chi connectivity index (χ1) is 17.6. The van der Waals surface area contributed by atoms with Gasteiger partial charge in [0.05, 0.1) is 25.4 Å². The van der Waals surface area contributed by atoms with Crippen molar-refractivity contribution in [1.82, 2.24) is 0 Å². The van der Waals surface area contributed by atoms with Gasteiger partial charge in [-0.1, -0.05) is 12.1 Å². The maximum atomic E-state index is 12.3. The van der Waals surface area contributed by atoms with Gasteiger partial charge < -0.3 is 23.7 Å². The highest BCUT2D eigenvalue weighted by Crippen LogP contribution is 2.22. The maximum absolute atomic E-state index is 12.3. The van der Waals surface area contributed by atoms with E-state index in [0.717, 1.165) is 0 Å². The van der Waals surface area contributed by atoms with Gasteiger partial charge in [0.2, 0.25) is 0 Å². The smallest absolute Gasteiger partial charge is 0.389 e. The maximum Gasteiger partial charge on any atom is 0.389 e. The lowest BCUT2D eigenvalue weighted by Crippen LogP contribution is -2.12. The quantitative estimate of drug-likeness (QED) is 0.151. The van der Waals surface area contributed by atoms with E-state index in [4.69, 9.17) is 23.7 Å². The molecule has 0 unspecified atom stereocenters. The van der Waals surface area contributed by atoms with Crippen molar-refractivity contribution in [3.63, 3.8) is 0 Å². The molecule has 0 saturated carbocycles. The van der Waals surface area contributed by atoms with E-state index in [1.807, 2.05) is 0 Å². The number of benzene rings is 2. The number of alkyl halides is 3. The van der Waals surface area contributed by atoms with Gasteiger partial charge in [0.15, 0.2) is 0 Å². The molecule has 2 rings (SSSR count). The van der Waals surface area contributed by atoms with Gasteiger partial charge in [-0.05, 0) is 54.5 Å². The summed E-state index contributed by atoms with van der Waals surface area (Å²) in [5, 5.41) is 0. The van der Waals surface area contributed by atoms with Crippen molar-refractivity contribution in [1.29, 1.82) is 0 Å². The zero-order chi connectivity index (χ0) is 27.1. The Hall–Kier alpha value is -3.86.